The van der Waals surface area contributed by atoms with E-state index < -0.39 is 5.97 Å². The normalized spacial score (nSPS) is 8.82. The van der Waals surface area contributed by atoms with Gasteiger partial charge < -0.3 is 5.11 Å². The van der Waals surface area contributed by atoms with E-state index in [1.54, 1.807) is 0 Å². The van der Waals surface area contributed by atoms with Crippen molar-refractivity contribution in [3.8, 4) is 0 Å². The first kappa shape index (κ1) is 13.8. The Bertz CT molecular complexity index is 94.1. The van der Waals surface area contributed by atoms with Crippen LogP contribution in [0.5, 0.6) is 0 Å². The molecule has 0 saturated carbocycles. The first-order valence-electron chi connectivity index (χ1n) is 3.99. The molecule has 0 heterocycles. The van der Waals surface area contributed by atoms with Gasteiger partial charge in [0.05, 0.1) is 0 Å². The molecule has 0 aliphatic carbocycles. The molecule has 0 spiro atoms. The number of aliphatic carboxylic acids is 1. The molecule has 0 saturated heterocycles. The van der Waals surface area contributed by atoms with Gasteiger partial charge in [0.15, 0.2) is 0 Å². The first-order valence-corrected chi connectivity index (χ1v) is 3.99. The summed E-state index contributed by atoms with van der Waals surface area (Å²) in [4.78, 5) is 10.0. The molecule has 0 unspecified atom stereocenters. The fraction of sp³-hybridized carbons (Fsp3) is 0.875. The topological polar surface area (TPSA) is 37.3 Å². The first-order chi connectivity index (χ1) is 4.77. The summed E-state index contributed by atoms with van der Waals surface area (Å²) in [5.41, 5.74) is 0. The maximum absolute atomic E-state index is 10.0. The Balaban J connectivity index is 0. The predicted octanol–water partition coefficient (Wildman–Crippen LogP) is 2.43. The van der Waals surface area contributed by atoms with E-state index in [1.165, 1.54) is 19.3 Å². The maximum atomic E-state index is 10.0. The molecule has 0 aromatic heterocycles. The Morgan fingerprint density at radius 1 is 1.18 bits per heavy atom. The molecule has 0 atom stereocenters. The number of rotatable bonds is 6. The molecule has 11 heavy (non-hydrogen) atoms. The largest absolute Gasteiger partial charge is 0.481 e. The minimum Gasteiger partial charge on any atom is -0.481 e. The van der Waals surface area contributed by atoms with Crippen molar-refractivity contribution >= 4 is 5.97 Å². The summed E-state index contributed by atoms with van der Waals surface area (Å²) in [6.07, 6.45) is 5.88. The zero-order valence-corrected chi connectivity index (χ0v) is 9.24. The third kappa shape index (κ3) is 13.2. The van der Waals surface area contributed by atoms with Crippen LogP contribution in [0.15, 0.2) is 0 Å². The SMILES string of the molecule is CCCCCCCC(=O)O.[Nb]. The van der Waals surface area contributed by atoms with E-state index in [4.69, 9.17) is 5.11 Å². The molecule has 0 bridgehead atoms. The second-order valence-electron chi connectivity index (χ2n) is 2.56. The summed E-state index contributed by atoms with van der Waals surface area (Å²) in [6, 6.07) is 0. The van der Waals surface area contributed by atoms with Gasteiger partial charge in [0, 0.05) is 28.8 Å². The number of carboxylic acids is 1. The van der Waals surface area contributed by atoms with Crippen LogP contribution in [0, 0.1) is 0 Å². The molecule has 0 amide bonds. The van der Waals surface area contributed by atoms with Crippen LogP contribution >= 0.6 is 0 Å². The number of carboxylic acid groups (broad SMARTS) is 1. The minimum absolute atomic E-state index is 0. The van der Waals surface area contributed by atoms with E-state index in [9.17, 15) is 4.79 Å². The van der Waals surface area contributed by atoms with Crippen LogP contribution < -0.4 is 0 Å². The van der Waals surface area contributed by atoms with Crippen molar-refractivity contribution < 1.29 is 32.3 Å². The van der Waals surface area contributed by atoms with Crippen molar-refractivity contribution in [1.29, 1.82) is 0 Å². The Labute approximate surface area is 83.9 Å². The van der Waals surface area contributed by atoms with E-state index in [0.29, 0.717) is 6.42 Å². The fourth-order valence-electron chi connectivity index (χ4n) is 0.880. The summed E-state index contributed by atoms with van der Waals surface area (Å²) >= 11 is 0. The van der Waals surface area contributed by atoms with Crippen molar-refractivity contribution in [3.63, 3.8) is 0 Å². The molecule has 2 nitrogen and oxygen atoms in total. The van der Waals surface area contributed by atoms with E-state index in [-0.39, 0.29) is 22.4 Å². The summed E-state index contributed by atoms with van der Waals surface area (Å²) in [5.74, 6) is -0.670. The molecule has 3 heteroatoms. The van der Waals surface area contributed by atoms with Gasteiger partial charge in [-0.3, -0.25) is 4.79 Å². The summed E-state index contributed by atoms with van der Waals surface area (Å²) in [6.45, 7) is 2.15. The molecular formula is C8H16NbO2. The Hall–Kier alpha value is 0.210. The second-order valence-corrected chi connectivity index (χ2v) is 2.56. The van der Waals surface area contributed by atoms with E-state index >= 15 is 0 Å². The number of hydrogen-bond acceptors (Lipinski definition) is 1. The molecule has 1 radical (unpaired) electrons. The molecule has 0 aromatic carbocycles. The molecule has 65 valence electrons. The molecular weight excluding hydrogens is 221 g/mol. The van der Waals surface area contributed by atoms with Gasteiger partial charge in [-0.2, -0.15) is 0 Å². The summed E-state index contributed by atoms with van der Waals surface area (Å²) < 4.78 is 0. The van der Waals surface area contributed by atoms with Crippen molar-refractivity contribution in [1.82, 2.24) is 0 Å². The third-order valence-electron chi connectivity index (χ3n) is 1.49. The van der Waals surface area contributed by atoms with Crippen molar-refractivity contribution in [2.75, 3.05) is 0 Å². The van der Waals surface area contributed by atoms with Crippen LogP contribution in [-0.4, -0.2) is 11.1 Å². The Morgan fingerprint density at radius 2 is 1.73 bits per heavy atom. The molecule has 0 rings (SSSR count). The van der Waals surface area contributed by atoms with Crippen molar-refractivity contribution in [2.24, 2.45) is 0 Å². The Morgan fingerprint density at radius 3 is 2.18 bits per heavy atom. The number of hydrogen-bond donors (Lipinski definition) is 1. The maximum Gasteiger partial charge on any atom is 0.303 e. The van der Waals surface area contributed by atoms with Gasteiger partial charge in [0.25, 0.3) is 0 Å². The van der Waals surface area contributed by atoms with Gasteiger partial charge in [-0.05, 0) is 6.42 Å². The smallest absolute Gasteiger partial charge is 0.303 e. The van der Waals surface area contributed by atoms with Crippen LogP contribution in [0.1, 0.15) is 45.4 Å². The second kappa shape index (κ2) is 10.2. The van der Waals surface area contributed by atoms with Crippen LogP contribution in [0.4, 0.5) is 0 Å². The van der Waals surface area contributed by atoms with Gasteiger partial charge in [-0.15, -0.1) is 0 Å². The van der Waals surface area contributed by atoms with E-state index in [2.05, 4.69) is 6.92 Å². The predicted molar refractivity (Wildman–Crippen MR) is 41.0 cm³/mol. The van der Waals surface area contributed by atoms with E-state index in [0.717, 1.165) is 12.8 Å². The van der Waals surface area contributed by atoms with Crippen LogP contribution in [-0.2, 0) is 27.2 Å². The zero-order chi connectivity index (χ0) is 7.82. The van der Waals surface area contributed by atoms with Gasteiger partial charge in [0.2, 0.25) is 0 Å². The van der Waals surface area contributed by atoms with E-state index in [1.807, 2.05) is 0 Å². The average Bonchev–Trinajstić information content (AvgIpc) is 1.87. The number of unbranched alkanes of at least 4 members (excludes halogenated alkanes) is 4. The fourth-order valence-corrected chi connectivity index (χ4v) is 0.880. The monoisotopic (exact) mass is 237 g/mol. The van der Waals surface area contributed by atoms with Gasteiger partial charge in [0.1, 0.15) is 0 Å². The van der Waals surface area contributed by atoms with Gasteiger partial charge >= 0.3 is 5.97 Å². The standard InChI is InChI=1S/C8H16O2.Nb/c1-2-3-4-5-6-7-8(9)10;/h2-7H2,1H3,(H,9,10);. The summed E-state index contributed by atoms with van der Waals surface area (Å²) in [7, 11) is 0. The van der Waals surface area contributed by atoms with Gasteiger partial charge in [-0.25, -0.2) is 0 Å². The van der Waals surface area contributed by atoms with Gasteiger partial charge in [-0.1, -0.05) is 32.6 Å². The number of carbonyl (C=O) groups is 1. The zero-order valence-electron chi connectivity index (χ0n) is 7.05. The van der Waals surface area contributed by atoms with Crippen LogP contribution in [0.3, 0.4) is 0 Å². The van der Waals surface area contributed by atoms with Crippen molar-refractivity contribution in [2.45, 2.75) is 45.4 Å². The molecule has 0 fully saturated rings. The molecule has 0 aliphatic rings. The molecule has 0 aliphatic heterocycles. The summed E-state index contributed by atoms with van der Waals surface area (Å²) in [5, 5.41) is 8.27. The van der Waals surface area contributed by atoms with Crippen LogP contribution in [0.2, 0.25) is 0 Å². The van der Waals surface area contributed by atoms with Crippen LogP contribution in [0.25, 0.3) is 0 Å². The third-order valence-corrected chi connectivity index (χ3v) is 1.49. The average molecular weight is 237 g/mol. The minimum atomic E-state index is -0.670. The molecule has 0 aromatic rings. The quantitative estimate of drug-likeness (QED) is 0.569. The molecule has 1 N–H and O–H groups in total. The Kier molecular flexibility index (Phi) is 12.8. The van der Waals surface area contributed by atoms with Crippen molar-refractivity contribution in [3.05, 3.63) is 0 Å².